The van der Waals surface area contributed by atoms with Crippen LogP contribution in [-0.4, -0.2) is 57.5 Å². The molecular formula is C21H28N4O3. The molecule has 1 aromatic heterocycles. The summed E-state index contributed by atoms with van der Waals surface area (Å²) in [4.78, 5) is 29.0. The highest BCUT2D eigenvalue weighted by Crippen LogP contribution is 2.32. The molecule has 2 aliphatic heterocycles. The van der Waals surface area contributed by atoms with Gasteiger partial charge in [0, 0.05) is 39.3 Å². The molecule has 7 heteroatoms. The normalized spacial score (nSPS) is 23.2. The highest BCUT2D eigenvalue weighted by Gasteiger charge is 2.44. The maximum Gasteiger partial charge on any atom is 0.410 e. The fourth-order valence-corrected chi connectivity index (χ4v) is 4.46. The summed E-state index contributed by atoms with van der Waals surface area (Å²) in [6.07, 6.45) is 2.42. The molecule has 1 atom stereocenters. The molecule has 3 heterocycles. The van der Waals surface area contributed by atoms with Gasteiger partial charge in [0.15, 0.2) is 0 Å². The largest absolute Gasteiger partial charge is 0.441 e. The van der Waals surface area contributed by atoms with E-state index in [1.807, 2.05) is 49.0 Å². The van der Waals surface area contributed by atoms with E-state index in [9.17, 15) is 9.59 Å². The van der Waals surface area contributed by atoms with Gasteiger partial charge in [0.1, 0.15) is 5.60 Å². The van der Waals surface area contributed by atoms with Crippen molar-refractivity contribution in [2.75, 3.05) is 26.7 Å². The lowest BCUT2D eigenvalue weighted by molar-refractivity contribution is 0.0443. The number of para-hydroxylation sites is 1. The van der Waals surface area contributed by atoms with E-state index in [2.05, 4.69) is 4.90 Å². The SMILES string of the molecule is Cc1c(CN2CCC[C@]3(CC2)CN(C)C(=O)O3)c(=O)n(-c2ccccc2)n1C. The van der Waals surface area contributed by atoms with Crippen molar-refractivity contribution in [3.63, 3.8) is 0 Å². The maximum absolute atomic E-state index is 13.1. The Bertz CT molecular complexity index is 933. The van der Waals surface area contributed by atoms with Crippen molar-refractivity contribution in [3.8, 4) is 5.69 Å². The van der Waals surface area contributed by atoms with E-state index in [0.29, 0.717) is 13.1 Å². The third-order valence-corrected chi connectivity index (χ3v) is 6.19. The van der Waals surface area contributed by atoms with Crippen LogP contribution in [0, 0.1) is 6.92 Å². The summed E-state index contributed by atoms with van der Waals surface area (Å²) in [7, 11) is 3.72. The van der Waals surface area contributed by atoms with Crippen LogP contribution in [0.15, 0.2) is 35.1 Å². The van der Waals surface area contributed by atoms with Crippen LogP contribution in [0.4, 0.5) is 4.79 Å². The lowest BCUT2D eigenvalue weighted by Gasteiger charge is -2.25. The number of aromatic nitrogens is 2. The van der Waals surface area contributed by atoms with Crippen molar-refractivity contribution < 1.29 is 9.53 Å². The first-order valence-electron chi connectivity index (χ1n) is 9.90. The molecule has 0 N–H and O–H groups in total. The van der Waals surface area contributed by atoms with Crippen LogP contribution in [0.2, 0.25) is 0 Å². The Balaban J connectivity index is 1.54. The summed E-state index contributed by atoms with van der Waals surface area (Å²) in [5.74, 6) is 0. The lowest BCUT2D eigenvalue weighted by Crippen LogP contribution is -2.35. The molecule has 7 nitrogen and oxygen atoms in total. The fraction of sp³-hybridized carbons (Fsp3) is 0.524. The second-order valence-electron chi connectivity index (χ2n) is 8.08. The highest BCUT2D eigenvalue weighted by atomic mass is 16.6. The van der Waals surface area contributed by atoms with E-state index >= 15 is 0 Å². The summed E-state index contributed by atoms with van der Waals surface area (Å²) in [6.45, 7) is 5.01. The van der Waals surface area contributed by atoms with Crippen molar-refractivity contribution in [1.29, 1.82) is 0 Å². The van der Waals surface area contributed by atoms with Crippen LogP contribution in [0.1, 0.15) is 30.5 Å². The molecule has 0 bridgehead atoms. The number of amides is 1. The molecule has 0 saturated carbocycles. The minimum Gasteiger partial charge on any atom is -0.441 e. The van der Waals surface area contributed by atoms with E-state index < -0.39 is 0 Å². The van der Waals surface area contributed by atoms with E-state index in [-0.39, 0.29) is 17.3 Å². The van der Waals surface area contributed by atoms with Crippen molar-refractivity contribution in [3.05, 3.63) is 51.9 Å². The van der Waals surface area contributed by atoms with Gasteiger partial charge in [0.2, 0.25) is 0 Å². The van der Waals surface area contributed by atoms with Crippen LogP contribution in [-0.2, 0) is 18.3 Å². The molecule has 4 rings (SSSR count). The van der Waals surface area contributed by atoms with Gasteiger partial charge >= 0.3 is 6.09 Å². The number of benzene rings is 1. The maximum atomic E-state index is 13.1. The number of rotatable bonds is 3. The number of hydrogen-bond donors (Lipinski definition) is 0. The fourth-order valence-electron chi connectivity index (χ4n) is 4.46. The molecule has 28 heavy (non-hydrogen) atoms. The molecule has 150 valence electrons. The van der Waals surface area contributed by atoms with Crippen molar-refractivity contribution in [1.82, 2.24) is 19.2 Å². The van der Waals surface area contributed by atoms with Gasteiger partial charge in [-0.1, -0.05) is 18.2 Å². The van der Waals surface area contributed by atoms with Crippen molar-refractivity contribution >= 4 is 6.09 Å². The Kier molecular flexibility index (Phi) is 4.79. The third-order valence-electron chi connectivity index (χ3n) is 6.19. The summed E-state index contributed by atoms with van der Waals surface area (Å²) in [5.41, 5.74) is 2.37. The molecule has 1 aromatic carbocycles. The third kappa shape index (κ3) is 3.24. The molecule has 2 fully saturated rings. The summed E-state index contributed by atoms with van der Waals surface area (Å²) in [5, 5.41) is 0. The Hall–Kier alpha value is -2.54. The van der Waals surface area contributed by atoms with Gasteiger partial charge in [-0.25, -0.2) is 9.48 Å². The predicted octanol–water partition coefficient (Wildman–Crippen LogP) is 2.29. The number of ether oxygens (including phenoxy) is 1. The van der Waals surface area contributed by atoms with E-state index in [0.717, 1.165) is 49.3 Å². The van der Waals surface area contributed by atoms with Gasteiger partial charge in [-0.3, -0.25) is 14.4 Å². The number of nitrogens with zero attached hydrogens (tertiary/aromatic N) is 4. The Morgan fingerprint density at radius 2 is 1.82 bits per heavy atom. The lowest BCUT2D eigenvalue weighted by atomic mass is 9.95. The van der Waals surface area contributed by atoms with Crippen LogP contribution in [0.25, 0.3) is 5.69 Å². The average Bonchev–Trinajstić information content (AvgIpc) is 2.97. The average molecular weight is 384 g/mol. The minimum absolute atomic E-state index is 0.0391. The Morgan fingerprint density at radius 1 is 1.07 bits per heavy atom. The van der Waals surface area contributed by atoms with Crippen LogP contribution >= 0.6 is 0 Å². The van der Waals surface area contributed by atoms with Gasteiger partial charge in [-0.15, -0.1) is 0 Å². The van der Waals surface area contributed by atoms with Gasteiger partial charge in [0.25, 0.3) is 5.56 Å². The van der Waals surface area contributed by atoms with Gasteiger partial charge in [-0.05, 0) is 38.4 Å². The van der Waals surface area contributed by atoms with Crippen LogP contribution in [0.3, 0.4) is 0 Å². The molecular weight excluding hydrogens is 356 g/mol. The number of likely N-dealkylation sites (N-methyl/N-ethyl adjacent to an activating group) is 1. The second-order valence-corrected chi connectivity index (χ2v) is 8.08. The zero-order chi connectivity index (χ0) is 19.9. The number of carbonyl (C=O) groups excluding carboxylic acids is 1. The summed E-state index contributed by atoms with van der Waals surface area (Å²) >= 11 is 0. The number of likely N-dealkylation sites (tertiary alicyclic amines) is 1. The quantitative estimate of drug-likeness (QED) is 0.815. The molecule has 0 radical (unpaired) electrons. The van der Waals surface area contributed by atoms with E-state index in [4.69, 9.17) is 4.74 Å². The van der Waals surface area contributed by atoms with Crippen LogP contribution in [0.5, 0.6) is 0 Å². The second kappa shape index (κ2) is 7.13. The molecule has 2 saturated heterocycles. The topological polar surface area (TPSA) is 59.7 Å². The minimum atomic E-state index is -0.365. The molecule has 2 aliphatic rings. The molecule has 0 aliphatic carbocycles. The summed E-state index contributed by atoms with van der Waals surface area (Å²) < 4.78 is 9.36. The van der Waals surface area contributed by atoms with E-state index in [1.54, 1.807) is 16.6 Å². The first-order chi connectivity index (χ1) is 13.4. The van der Waals surface area contributed by atoms with Gasteiger partial charge in [-0.2, -0.15) is 0 Å². The number of carbonyl (C=O) groups is 1. The van der Waals surface area contributed by atoms with Gasteiger partial charge < -0.3 is 9.64 Å². The first-order valence-corrected chi connectivity index (χ1v) is 9.90. The smallest absolute Gasteiger partial charge is 0.410 e. The molecule has 1 amide bonds. The monoisotopic (exact) mass is 384 g/mol. The molecule has 1 spiro atoms. The van der Waals surface area contributed by atoms with Crippen LogP contribution < -0.4 is 5.56 Å². The molecule has 2 aromatic rings. The van der Waals surface area contributed by atoms with Crippen molar-refractivity contribution in [2.24, 2.45) is 7.05 Å². The Labute approximate surface area is 165 Å². The predicted molar refractivity (Wildman–Crippen MR) is 107 cm³/mol. The zero-order valence-corrected chi connectivity index (χ0v) is 16.9. The number of hydrogen-bond acceptors (Lipinski definition) is 4. The highest BCUT2D eigenvalue weighted by molar-refractivity contribution is 5.70. The zero-order valence-electron chi connectivity index (χ0n) is 16.9. The Morgan fingerprint density at radius 3 is 2.50 bits per heavy atom. The first kappa shape index (κ1) is 18.8. The summed E-state index contributed by atoms with van der Waals surface area (Å²) in [6, 6.07) is 9.73. The standard InChI is InChI=1S/C21H28N4O3/c1-16-18(19(26)25(23(16)3)17-8-5-4-6-9-17)14-24-12-7-10-21(11-13-24)15-22(2)20(27)28-21/h4-6,8-9H,7,10-15H2,1-3H3/t21-/m0/s1. The van der Waals surface area contributed by atoms with Gasteiger partial charge in [0.05, 0.1) is 17.8 Å². The van der Waals surface area contributed by atoms with Crippen molar-refractivity contribution in [2.45, 2.75) is 38.3 Å². The van der Waals surface area contributed by atoms with E-state index in [1.165, 1.54) is 0 Å². The molecule has 0 unspecified atom stereocenters.